The number of aromatic nitrogens is 2. The fourth-order valence-corrected chi connectivity index (χ4v) is 3.05. The van der Waals surface area contributed by atoms with E-state index >= 15 is 0 Å². The van der Waals surface area contributed by atoms with Crippen LogP contribution in [0, 0.1) is 0 Å². The molecule has 1 amide bonds. The number of nitrogens with zero attached hydrogens (tertiary/aromatic N) is 3. The Morgan fingerprint density at radius 1 is 1.23 bits per heavy atom. The van der Waals surface area contributed by atoms with E-state index in [9.17, 15) is 4.79 Å². The smallest absolute Gasteiger partial charge is 0.267 e. The minimum Gasteiger partial charge on any atom is -0.267 e. The van der Waals surface area contributed by atoms with E-state index in [1.807, 2.05) is 30.3 Å². The van der Waals surface area contributed by atoms with Crippen LogP contribution in [-0.2, 0) is 6.54 Å². The molecule has 132 valence electrons. The zero-order chi connectivity index (χ0) is 18.5. The number of amides is 1. The summed E-state index contributed by atoms with van der Waals surface area (Å²) in [5.41, 5.74) is 4.44. The summed E-state index contributed by atoms with van der Waals surface area (Å²) in [5.74, 6) is -0.394. The van der Waals surface area contributed by atoms with Gasteiger partial charge in [-0.1, -0.05) is 63.4 Å². The molecule has 0 atom stereocenters. The fourth-order valence-electron chi connectivity index (χ4n) is 2.19. The number of nitrogens with one attached hydrogen (secondary N) is 1. The SMILES string of the molecule is O=C(N/N=C/c1ccccc1Br)c1ccn(Cc2ccc(Cl)cc2Cl)n1. The molecule has 0 radical (unpaired) electrons. The molecule has 3 rings (SSSR count). The molecule has 0 unspecified atom stereocenters. The van der Waals surface area contributed by atoms with E-state index in [4.69, 9.17) is 23.2 Å². The van der Waals surface area contributed by atoms with Crippen molar-refractivity contribution in [3.8, 4) is 0 Å². The maximum Gasteiger partial charge on any atom is 0.291 e. The first-order valence-electron chi connectivity index (χ1n) is 7.58. The van der Waals surface area contributed by atoms with Gasteiger partial charge in [0.15, 0.2) is 5.69 Å². The van der Waals surface area contributed by atoms with Crippen molar-refractivity contribution in [2.24, 2.45) is 5.10 Å². The zero-order valence-corrected chi connectivity index (χ0v) is 16.5. The second kappa shape index (κ2) is 8.49. The van der Waals surface area contributed by atoms with Gasteiger partial charge in [-0.15, -0.1) is 0 Å². The molecule has 0 bridgehead atoms. The van der Waals surface area contributed by atoms with Gasteiger partial charge >= 0.3 is 0 Å². The third-order valence-corrected chi connectivity index (χ3v) is 4.80. The lowest BCUT2D eigenvalue weighted by molar-refractivity contribution is 0.0949. The van der Waals surface area contributed by atoms with Crippen LogP contribution in [0.15, 0.2) is 64.3 Å². The molecule has 0 aliphatic rings. The zero-order valence-electron chi connectivity index (χ0n) is 13.4. The molecule has 1 N–H and O–H groups in total. The minimum atomic E-state index is -0.394. The summed E-state index contributed by atoms with van der Waals surface area (Å²) < 4.78 is 2.52. The van der Waals surface area contributed by atoms with Crippen molar-refractivity contribution in [3.63, 3.8) is 0 Å². The van der Waals surface area contributed by atoms with Gasteiger partial charge in [0.25, 0.3) is 5.91 Å². The van der Waals surface area contributed by atoms with Crippen LogP contribution in [0.5, 0.6) is 0 Å². The Balaban J connectivity index is 1.63. The van der Waals surface area contributed by atoms with Crippen molar-refractivity contribution in [2.75, 3.05) is 0 Å². The first-order valence-corrected chi connectivity index (χ1v) is 9.13. The van der Waals surface area contributed by atoms with Gasteiger partial charge in [-0.3, -0.25) is 9.48 Å². The lowest BCUT2D eigenvalue weighted by atomic mass is 10.2. The fraction of sp³-hybridized carbons (Fsp3) is 0.0556. The maximum absolute atomic E-state index is 12.1. The van der Waals surface area contributed by atoms with Crippen LogP contribution in [0.4, 0.5) is 0 Å². The number of carbonyl (C=O) groups is 1. The molecule has 0 saturated carbocycles. The number of halogens is 3. The Morgan fingerprint density at radius 2 is 2.04 bits per heavy atom. The lowest BCUT2D eigenvalue weighted by Crippen LogP contribution is -2.18. The molecular formula is C18H13BrCl2N4O. The largest absolute Gasteiger partial charge is 0.291 e. The van der Waals surface area contributed by atoms with E-state index < -0.39 is 5.91 Å². The van der Waals surface area contributed by atoms with E-state index in [0.717, 1.165) is 15.6 Å². The normalized spacial score (nSPS) is 11.0. The van der Waals surface area contributed by atoms with Crippen molar-refractivity contribution < 1.29 is 4.79 Å². The van der Waals surface area contributed by atoms with Crippen molar-refractivity contribution in [1.82, 2.24) is 15.2 Å². The summed E-state index contributed by atoms with van der Waals surface area (Å²) >= 11 is 15.5. The third-order valence-electron chi connectivity index (χ3n) is 3.50. The third kappa shape index (κ3) is 4.72. The summed E-state index contributed by atoms with van der Waals surface area (Å²) in [6, 6.07) is 14.4. The number of hydrazone groups is 1. The molecule has 1 aromatic heterocycles. The Morgan fingerprint density at radius 3 is 2.81 bits per heavy atom. The Bertz CT molecular complexity index is 971. The van der Waals surface area contributed by atoms with Gasteiger partial charge in [-0.25, -0.2) is 5.43 Å². The average molecular weight is 452 g/mol. The predicted molar refractivity (Wildman–Crippen MR) is 107 cm³/mol. The molecule has 0 aliphatic carbocycles. The van der Waals surface area contributed by atoms with Crippen LogP contribution in [0.2, 0.25) is 10.0 Å². The predicted octanol–water partition coefficient (Wildman–Crippen LogP) is 4.76. The number of hydrogen-bond donors (Lipinski definition) is 1. The molecule has 0 aliphatic heterocycles. The van der Waals surface area contributed by atoms with Crippen LogP contribution < -0.4 is 5.43 Å². The lowest BCUT2D eigenvalue weighted by Gasteiger charge is -2.05. The summed E-state index contributed by atoms with van der Waals surface area (Å²) in [4.78, 5) is 12.1. The number of rotatable bonds is 5. The molecule has 0 spiro atoms. The Kier molecular flexibility index (Phi) is 6.08. The molecule has 2 aromatic carbocycles. The van der Waals surface area contributed by atoms with Crippen LogP contribution in [0.3, 0.4) is 0 Å². The molecule has 26 heavy (non-hydrogen) atoms. The molecule has 3 aromatic rings. The van der Waals surface area contributed by atoms with Gasteiger partial charge in [-0.2, -0.15) is 10.2 Å². The van der Waals surface area contributed by atoms with Gasteiger partial charge < -0.3 is 0 Å². The number of hydrogen-bond acceptors (Lipinski definition) is 3. The topological polar surface area (TPSA) is 59.3 Å². The first kappa shape index (κ1) is 18.6. The average Bonchev–Trinajstić information content (AvgIpc) is 3.08. The monoisotopic (exact) mass is 450 g/mol. The Labute approximate surface area is 168 Å². The highest BCUT2D eigenvalue weighted by Crippen LogP contribution is 2.21. The molecule has 1 heterocycles. The highest BCUT2D eigenvalue weighted by atomic mass is 79.9. The van der Waals surface area contributed by atoms with Gasteiger partial charge in [0.2, 0.25) is 0 Å². The van der Waals surface area contributed by atoms with E-state index in [2.05, 4.69) is 31.6 Å². The molecule has 5 nitrogen and oxygen atoms in total. The van der Waals surface area contributed by atoms with Crippen molar-refractivity contribution in [3.05, 3.63) is 86.1 Å². The molecule has 0 saturated heterocycles. The molecule has 0 fully saturated rings. The van der Waals surface area contributed by atoms with E-state index in [0.29, 0.717) is 16.6 Å². The second-order valence-corrected chi connectivity index (χ2v) is 7.05. The van der Waals surface area contributed by atoms with Gasteiger partial charge in [0.1, 0.15) is 0 Å². The standard InChI is InChI=1S/C18H13BrCl2N4O/c19-15-4-2-1-3-12(15)10-22-23-18(26)17-7-8-25(24-17)11-13-5-6-14(20)9-16(13)21/h1-10H,11H2,(H,23,26)/b22-10+. The number of carbonyl (C=O) groups excluding carboxylic acids is 1. The minimum absolute atomic E-state index is 0.263. The second-order valence-electron chi connectivity index (χ2n) is 5.35. The first-order chi connectivity index (χ1) is 12.5. The van der Waals surface area contributed by atoms with E-state index in [-0.39, 0.29) is 5.69 Å². The molecule has 8 heteroatoms. The maximum atomic E-state index is 12.1. The van der Waals surface area contributed by atoms with Gasteiger partial charge in [0.05, 0.1) is 12.8 Å². The van der Waals surface area contributed by atoms with E-state index in [1.165, 1.54) is 0 Å². The summed E-state index contributed by atoms with van der Waals surface area (Å²) in [5, 5.41) is 9.32. The summed E-state index contributed by atoms with van der Waals surface area (Å²) in [6.07, 6.45) is 3.27. The van der Waals surface area contributed by atoms with Crippen LogP contribution in [0.25, 0.3) is 0 Å². The summed E-state index contributed by atoms with van der Waals surface area (Å²) in [6.45, 7) is 0.434. The van der Waals surface area contributed by atoms with Crippen molar-refractivity contribution >= 4 is 51.3 Å². The van der Waals surface area contributed by atoms with Crippen LogP contribution >= 0.6 is 39.1 Å². The van der Waals surface area contributed by atoms with E-state index in [1.54, 1.807) is 35.3 Å². The van der Waals surface area contributed by atoms with Crippen molar-refractivity contribution in [2.45, 2.75) is 6.54 Å². The summed E-state index contributed by atoms with van der Waals surface area (Å²) in [7, 11) is 0. The Hall–Kier alpha value is -2.15. The van der Waals surface area contributed by atoms with Crippen LogP contribution in [-0.4, -0.2) is 21.9 Å². The quantitative estimate of drug-likeness (QED) is 0.448. The highest BCUT2D eigenvalue weighted by Gasteiger charge is 2.10. The van der Waals surface area contributed by atoms with Gasteiger partial charge in [0, 0.05) is 26.3 Å². The molecular weight excluding hydrogens is 439 g/mol. The van der Waals surface area contributed by atoms with Crippen molar-refractivity contribution in [1.29, 1.82) is 0 Å². The number of benzene rings is 2. The highest BCUT2D eigenvalue weighted by molar-refractivity contribution is 9.10. The van der Waals surface area contributed by atoms with Gasteiger partial charge in [-0.05, 0) is 29.8 Å². The van der Waals surface area contributed by atoms with Crippen LogP contribution in [0.1, 0.15) is 21.6 Å².